The SMILES string of the molecule is COC(=O)C1(NC(=O)COc2ccccc2C(=O)OC(C)(C)C)CCCCC1. The van der Waals surface area contributed by atoms with Crippen LogP contribution in [0.4, 0.5) is 0 Å². The highest BCUT2D eigenvalue weighted by atomic mass is 16.6. The fraction of sp³-hybridized carbons (Fsp3) is 0.571. The molecule has 0 bridgehead atoms. The first kappa shape index (κ1) is 21.7. The van der Waals surface area contributed by atoms with Gasteiger partial charge in [0, 0.05) is 0 Å². The number of amides is 1. The second-order valence-electron chi connectivity index (χ2n) is 7.97. The molecule has 0 unspecified atom stereocenters. The van der Waals surface area contributed by atoms with Crippen LogP contribution in [0.5, 0.6) is 5.75 Å². The number of nitrogens with one attached hydrogen (secondary N) is 1. The van der Waals surface area contributed by atoms with Gasteiger partial charge in [0.1, 0.15) is 22.5 Å². The molecule has 0 spiro atoms. The van der Waals surface area contributed by atoms with E-state index in [0.29, 0.717) is 12.8 Å². The Balaban J connectivity index is 2.04. The van der Waals surface area contributed by atoms with E-state index in [2.05, 4.69) is 5.32 Å². The zero-order chi connectivity index (χ0) is 20.8. The second kappa shape index (κ2) is 9.08. The Morgan fingerprint density at radius 2 is 1.71 bits per heavy atom. The van der Waals surface area contributed by atoms with Gasteiger partial charge in [0.2, 0.25) is 0 Å². The predicted molar refractivity (Wildman–Crippen MR) is 103 cm³/mol. The van der Waals surface area contributed by atoms with Gasteiger partial charge in [-0.1, -0.05) is 31.4 Å². The Kier molecular flexibility index (Phi) is 7.05. The molecule has 0 radical (unpaired) electrons. The lowest BCUT2D eigenvalue weighted by atomic mass is 9.81. The van der Waals surface area contributed by atoms with E-state index in [9.17, 15) is 14.4 Å². The molecule has 7 heteroatoms. The highest BCUT2D eigenvalue weighted by molar-refractivity contribution is 5.93. The summed E-state index contributed by atoms with van der Waals surface area (Å²) in [5, 5.41) is 2.79. The molecule has 154 valence electrons. The second-order valence-corrected chi connectivity index (χ2v) is 7.97. The molecule has 1 N–H and O–H groups in total. The number of carbonyl (C=O) groups is 3. The van der Waals surface area contributed by atoms with E-state index in [1.165, 1.54) is 7.11 Å². The maximum Gasteiger partial charge on any atom is 0.342 e. The van der Waals surface area contributed by atoms with Gasteiger partial charge in [-0.25, -0.2) is 9.59 Å². The molecule has 1 saturated carbocycles. The number of hydrogen-bond donors (Lipinski definition) is 1. The molecule has 0 saturated heterocycles. The molecule has 1 aliphatic rings. The van der Waals surface area contributed by atoms with Gasteiger partial charge in [0.15, 0.2) is 6.61 Å². The monoisotopic (exact) mass is 391 g/mol. The van der Waals surface area contributed by atoms with Gasteiger partial charge in [0.05, 0.1) is 7.11 Å². The smallest absolute Gasteiger partial charge is 0.342 e. The van der Waals surface area contributed by atoms with Crippen molar-refractivity contribution in [1.82, 2.24) is 5.32 Å². The van der Waals surface area contributed by atoms with Crippen molar-refractivity contribution in [2.24, 2.45) is 0 Å². The molecule has 2 rings (SSSR count). The fourth-order valence-corrected chi connectivity index (χ4v) is 3.27. The Labute approximate surface area is 165 Å². The predicted octanol–water partition coefficient (Wildman–Crippen LogP) is 3.01. The first-order chi connectivity index (χ1) is 13.2. The van der Waals surface area contributed by atoms with Crippen LogP contribution >= 0.6 is 0 Å². The minimum absolute atomic E-state index is 0.241. The molecule has 28 heavy (non-hydrogen) atoms. The summed E-state index contributed by atoms with van der Waals surface area (Å²) in [5.74, 6) is -1.15. The van der Waals surface area contributed by atoms with Gasteiger partial charge in [0.25, 0.3) is 5.91 Å². The van der Waals surface area contributed by atoms with E-state index in [0.717, 1.165) is 19.3 Å². The molecule has 1 aliphatic carbocycles. The van der Waals surface area contributed by atoms with Crippen LogP contribution in [-0.4, -0.2) is 42.7 Å². The normalized spacial score (nSPS) is 16.0. The van der Waals surface area contributed by atoms with E-state index in [1.54, 1.807) is 45.0 Å². The third kappa shape index (κ3) is 5.71. The minimum Gasteiger partial charge on any atom is -0.483 e. The van der Waals surface area contributed by atoms with Crippen molar-refractivity contribution < 1.29 is 28.6 Å². The van der Waals surface area contributed by atoms with Crippen molar-refractivity contribution >= 4 is 17.8 Å². The molecule has 0 atom stereocenters. The number of rotatable bonds is 6. The van der Waals surface area contributed by atoms with E-state index in [-0.39, 0.29) is 17.9 Å². The summed E-state index contributed by atoms with van der Waals surface area (Å²) < 4.78 is 15.8. The molecule has 1 aromatic rings. The number of carbonyl (C=O) groups excluding carboxylic acids is 3. The number of ether oxygens (including phenoxy) is 3. The molecule has 1 aromatic carbocycles. The van der Waals surface area contributed by atoms with Gasteiger partial charge < -0.3 is 19.5 Å². The van der Waals surface area contributed by atoms with Crippen molar-refractivity contribution in [3.8, 4) is 5.75 Å². The first-order valence-electron chi connectivity index (χ1n) is 9.51. The average molecular weight is 391 g/mol. The van der Waals surface area contributed by atoms with E-state index in [1.807, 2.05) is 0 Å². The van der Waals surface area contributed by atoms with Crippen molar-refractivity contribution in [3.05, 3.63) is 29.8 Å². The van der Waals surface area contributed by atoms with Crippen LogP contribution < -0.4 is 10.1 Å². The maximum atomic E-state index is 12.5. The number of esters is 2. The zero-order valence-corrected chi connectivity index (χ0v) is 17.0. The molecule has 7 nitrogen and oxygen atoms in total. The first-order valence-corrected chi connectivity index (χ1v) is 9.51. The lowest BCUT2D eigenvalue weighted by Gasteiger charge is -2.35. The molecule has 1 fully saturated rings. The molecule has 0 heterocycles. The summed E-state index contributed by atoms with van der Waals surface area (Å²) in [4.78, 5) is 37.1. The number of benzene rings is 1. The zero-order valence-electron chi connectivity index (χ0n) is 17.0. The van der Waals surface area contributed by atoms with Crippen LogP contribution in [0.3, 0.4) is 0 Å². The average Bonchev–Trinajstić information content (AvgIpc) is 2.65. The van der Waals surface area contributed by atoms with Crippen LogP contribution in [0.15, 0.2) is 24.3 Å². The minimum atomic E-state index is -1.00. The third-order valence-electron chi connectivity index (χ3n) is 4.53. The number of methoxy groups -OCH3 is 1. The summed E-state index contributed by atoms with van der Waals surface area (Å²) in [6, 6.07) is 6.58. The van der Waals surface area contributed by atoms with E-state index >= 15 is 0 Å². The summed E-state index contributed by atoms with van der Waals surface area (Å²) in [5.41, 5.74) is -1.40. The Bertz CT molecular complexity index is 716. The van der Waals surface area contributed by atoms with E-state index in [4.69, 9.17) is 14.2 Å². The molecule has 0 aromatic heterocycles. The third-order valence-corrected chi connectivity index (χ3v) is 4.53. The highest BCUT2D eigenvalue weighted by Crippen LogP contribution is 2.29. The lowest BCUT2D eigenvalue weighted by Crippen LogP contribution is -2.57. The van der Waals surface area contributed by atoms with Gasteiger partial charge in [-0.2, -0.15) is 0 Å². The summed E-state index contributed by atoms with van der Waals surface area (Å²) in [7, 11) is 1.32. The van der Waals surface area contributed by atoms with Gasteiger partial charge in [-0.15, -0.1) is 0 Å². The highest BCUT2D eigenvalue weighted by Gasteiger charge is 2.42. The standard InChI is InChI=1S/C21H29NO6/c1-20(2,3)28-18(24)15-10-6-7-11-16(15)27-14-17(23)22-21(19(25)26-4)12-8-5-9-13-21/h6-7,10-11H,5,8-9,12-14H2,1-4H3,(H,22,23). The van der Waals surface area contributed by atoms with Crippen molar-refractivity contribution in [2.45, 2.75) is 64.0 Å². The van der Waals surface area contributed by atoms with Crippen molar-refractivity contribution in [2.75, 3.05) is 13.7 Å². The quantitative estimate of drug-likeness (QED) is 0.750. The van der Waals surface area contributed by atoms with Crippen molar-refractivity contribution in [1.29, 1.82) is 0 Å². The van der Waals surface area contributed by atoms with Crippen LogP contribution in [-0.2, 0) is 19.1 Å². The van der Waals surface area contributed by atoms with E-state index < -0.39 is 29.0 Å². The van der Waals surface area contributed by atoms with Crippen LogP contribution in [0.1, 0.15) is 63.2 Å². The van der Waals surface area contributed by atoms with Crippen LogP contribution in [0, 0.1) is 0 Å². The summed E-state index contributed by atoms with van der Waals surface area (Å²) >= 11 is 0. The largest absolute Gasteiger partial charge is 0.483 e. The molecular weight excluding hydrogens is 362 g/mol. The van der Waals surface area contributed by atoms with Gasteiger partial charge in [-0.05, 0) is 45.7 Å². The summed E-state index contributed by atoms with van der Waals surface area (Å²) in [6.45, 7) is 5.01. The summed E-state index contributed by atoms with van der Waals surface area (Å²) in [6.07, 6.45) is 3.80. The topological polar surface area (TPSA) is 90.9 Å². The van der Waals surface area contributed by atoms with Crippen molar-refractivity contribution in [3.63, 3.8) is 0 Å². The fourth-order valence-electron chi connectivity index (χ4n) is 3.27. The Morgan fingerprint density at radius 1 is 1.07 bits per heavy atom. The van der Waals surface area contributed by atoms with Gasteiger partial charge in [-0.3, -0.25) is 4.79 Å². The maximum absolute atomic E-state index is 12.5. The molecule has 0 aliphatic heterocycles. The van der Waals surface area contributed by atoms with Gasteiger partial charge >= 0.3 is 11.9 Å². The Morgan fingerprint density at radius 3 is 2.32 bits per heavy atom. The molecular formula is C21H29NO6. The number of hydrogen-bond acceptors (Lipinski definition) is 6. The van der Waals surface area contributed by atoms with Crippen LogP contribution in [0.2, 0.25) is 0 Å². The Hall–Kier alpha value is -2.57. The molecule has 1 amide bonds. The lowest BCUT2D eigenvalue weighted by molar-refractivity contribution is -0.152. The van der Waals surface area contributed by atoms with Crippen LogP contribution in [0.25, 0.3) is 0 Å². The number of para-hydroxylation sites is 1.